The molecule has 0 bridgehead atoms. The summed E-state index contributed by atoms with van der Waals surface area (Å²) in [5.41, 5.74) is 0. The van der Waals surface area contributed by atoms with Crippen LogP contribution in [-0.4, -0.2) is 20.8 Å². The number of carbonyl (C=O) groups excluding carboxylic acids is 1. The highest BCUT2D eigenvalue weighted by Crippen LogP contribution is 2.10. The molecule has 0 aliphatic carbocycles. The highest BCUT2D eigenvalue weighted by atomic mass is 28.3. The van der Waals surface area contributed by atoms with Gasteiger partial charge < -0.3 is 9.47 Å². The first-order valence-corrected chi connectivity index (χ1v) is 8.11. The van der Waals surface area contributed by atoms with Gasteiger partial charge in [-0.3, -0.25) is 0 Å². The van der Waals surface area contributed by atoms with Crippen LogP contribution in [0.2, 0.25) is 25.7 Å². The van der Waals surface area contributed by atoms with E-state index in [2.05, 4.69) is 31.0 Å². The van der Waals surface area contributed by atoms with Gasteiger partial charge in [-0.15, -0.1) is 0 Å². The Balaban J connectivity index is 3.36. The predicted molar refractivity (Wildman–Crippen MR) is 55.4 cm³/mol. The van der Waals surface area contributed by atoms with Crippen molar-refractivity contribution in [3.05, 3.63) is 12.8 Å². The quantitative estimate of drug-likeness (QED) is 0.297. The smallest absolute Gasteiger partial charge is 0.434 e. The summed E-state index contributed by atoms with van der Waals surface area (Å²) in [7, 11) is -1.000. The molecule has 0 N–H and O–H groups in total. The van der Waals surface area contributed by atoms with Crippen LogP contribution in [0.4, 0.5) is 4.79 Å². The molecule has 0 amide bonds. The fourth-order valence-electron chi connectivity index (χ4n) is 0.860. The molecule has 0 rings (SSSR count). The maximum atomic E-state index is 10.7. The minimum Gasteiger partial charge on any atom is -0.434 e. The molecule has 0 aromatic carbocycles. The third-order valence-corrected chi connectivity index (χ3v) is 3.32. The number of hydrogen-bond acceptors (Lipinski definition) is 3. The second-order valence-corrected chi connectivity index (χ2v) is 9.67. The van der Waals surface area contributed by atoms with Crippen LogP contribution >= 0.6 is 0 Å². The standard InChI is InChI=1S/C9H18O3Si/c1-5-11-9(10)12-7-6-8-13(2,3)4/h5H,1,6-8H2,2-4H3. The summed E-state index contributed by atoms with van der Waals surface area (Å²) in [4.78, 5) is 10.7. The van der Waals surface area contributed by atoms with Gasteiger partial charge >= 0.3 is 6.16 Å². The van der Waals surface area contributed by atoms with Crippen molar-refractivity contribution in [1.29, 1.82) is 0 Å². The highest BCUT2D eigenvalue weighted by Gasteiger charge is 2.12. The second kappa shape index (κ2) is 5.80. The first kappa shape index (κ1) is 12.2. The molecule has 0 heterocycles. The molecular weight excluding hydrogens is 184 g/mol. The van der Waals surface area contributed by atoms with Crippen LogP contribution in [-0.2, 0) is 9.47 Å². The zero-order valence-corrected chi connectivity index (χ0v) is 9.63. The van der Waals surface area contributed by atoms with E-state index in [1.54, 1.807) is 0 Å². The summed E-state index contributed by atoms with van der Waals surface area (Å²) in [6.07, 6.45) is 1.33. The predicted octanol–water partition coefficient (Wildman–Crippen LogP) is 3.01. The average Bonchev–Trinajstić information content (AvgIpc) is 1.97. The summed E-state index contributed by atoms with van der Waals surface area (Å²) < 4.78 is 9.16. The lowest BCUT2D eigenvalue weighted by Gasteiger charge is -2.14. The van der Waals surface area contributed by atoms with Gasteiger partial charge in [-0.1, -0.05) is 32.3 Å². The molecule has 76 valence electrons. The first-order chi connectivity index (χ1) is 5.95. The van der Waals surface area contributed by atoms with Gasteiger partial charge in [0.15, 0.2) is 0 Å². The van der Waals surface area contributed by atoms with Gasteiger partial charge in [-0.05, 0) is 6.42 Å². The highest BCUT2D eigenvalue weighted by molar-refractivity contribution is 6.76. The third-order valence-electron chi connectivity index (χ3n) is 1.47. The van der Waals surface area contributed by atoms with E-state index in [1.807, 2.05) is 0 Å². The van der Waals surface area contributed by atoms with Crippen LogP contribution in [0, 0.1) is 0 Å². The Morgan fingerprint density at radius 3 is 2.54 bits per heavy atom. The Hall–Kier alpha value is -0.773. The normalized spacial score (nSPS) is 10.7. The summed E-state index contributed by atoms with van der Waals surface area (Å²) >= 11 is 0. The van der Waals surface area contributed by atoms with Crippen molar-refractivity contribution in [3.8, 4) is 0 Å². The number of carbonyl (C=O) groups is 1. The fourth-order valence-corrected chi connectivity index (χ4v) is 2.07. The molecule has 0 atom stereocenters. The van der Waals surface area contributed by atoms with Crippen LogP contribution in [0.5, 0.6) is 0 Å². The zero-order chi connectivity index (χ0) is 10.3. The van der Waals surface area contributed by atoms with E-state index in [1.165, 1.54) is 0 Å². The van der Waals surface area contributed by atoms with Crippen molar-refractivity contribution >= 4 is 14.2 Å². The van der Waals surface area contributed by atoms with Crippen LogP contribution in [0.1, 0.15) is 6.42 Å². The Bertz CT molecular complexity index is 172. The summed E-state index contributed by atoms with van der Waals surface area (Å²) in [5.74, 6) is 0. The molecular formula is C9H18O3Si. The summed E-state index contributed by atoms with van der Waals surface area (Å²) in [6.45, 7) is 10.6. The van der Waals surface area contributed by atoms with Crippen molar-refractivity contribution in [3.63, 3.8) is 0 Å². The van der Waals surface area contributed by atoms with Crippen molar-refractivity contribution < 1.29 is 14.3 Å². The molecule has 3 nitrogen and oxygen atoms in total. The SMILES string of the molecule is C=COC(=O)OCCC[Si](C)(C)C. The van der Waals surface area contributed by atoms with Crippen molar-refractivity contribution in [2.24, 2.45) is 0 Å². The molecule has 0 unspecified atom stereocenters. The van der Waals surface area contributed by atoms with E-state index in [-0.39, 0.29) is 0 Å². The third kappa shape index (κ3) is 9.14. The lowest BCUT2D eigenvalue weighted by Crippen LogP contribution is -2.20. The molecule has 13 heavy (non-hydrogen) atoms. The zero-order valence-electron chi connectivity index (χ0n) is 8.63. The van der Waals surface area contributed by atoms with Crippen molar-refractivity contribution in [1.82, 2.24) is 0 Å². The van der Waals surface area contributed by atoms with Gasteiger partial charge in [0.05, 0.1) is 12.9 Å². The summed E-state index contributed by atoms with van der Waals surface area (Å²) in [5, 5.41) is 0. The van der Waals surface area contributed by atoms with Crippen LogP contribution in [0.3, 0.4) is 0 Å². The van der Waals surface area contributed by atoms with Gasteiger partial charge in [0.2, 0.25) is 0 Å². The van der Waals surface area contributed by atoms with Gasteiger partial charge in [-0.2, -0.15) is 0 Å². The Morgan fingerprint density at radius 2 is 2.08 bits per heavy atom. The molecule has 0 radical (unpaired) electrons. The second-order valence-electron chi connectivity index (χ2n) is 4.05. The van der Waals surface area contributed by atoms with Gasteiger partial charge in [0.25, 0.3) is 0 Å². The first-order valence-electron chi connectivity index (χ1n) is 4.40. The molecule has 0 aliphatic heterocycles. The Morgan fingerprint density at radius 1 is 1.46 bits per heavy atom. The van der Waals surface area contributed by atoms with Crippen molar-refractivity contribution in [2.45, 2.75) is 32.1 Å². The topological polar surface area (TPSA) is 35.5 Å². The molecule has 0 aromatic rings. The van der Waals surface area contributed by atoms with Gasteiger partial charge in [0.1, 0.15) is 0 Å². The number of rotatable bonds is 5. The largest absolute Gasteiger partial charge is 0.513 e. The molecule has 0 saturated heterocycles. The van der Waals surface area contributed by atoms with E-state index in [9.17, 15) is 4.79 Å². The van der Waals surface area contributed by atoms with Crippen LogP contribution in [0.25, 0.3) is 0 Å². The lowest BCUT2D eigenvalue weighted by atomic mass is 10.5. The van der Waals surface area contributed by atoms with E-state index < -0.39 is 14.2 Å². The van der Waals surface area contributed by atoms with E-state index >= 15 is 0 Å². The molecule has 0 fully saturated rings. The average molecular weight is 202 g/mol. The molecule has 0 aromatic heterocycles. The maximum absolute atomic E-state index is 10.7. The fraction of sp³-hybridized carbons (Fsp3) is 0.667. The van der Waals surface area contributed by atoms with Gasteiger partial charge in [-0.25, -0.2) is 4.79 Å². The monoisotopic (exact) mass is 202 g/mol. The van der Waals surface area contributed by atoms with E-state index in [0.717, 1.165) is 18.7 Å². The number of ether oxygens (including phenoxy) is 2. The summed E-state index contributed by atoms with van der Waals surface area (Å²) in [6, 6.07) is 1.16. The van der Waals surface area contributed by atoms with Gasteiger partial charge in [0, 0.05) is 8.07 Å². The minimum atomic E-state index is -1.000. The molecule has 0 spiro atoms. The van der Waals surface area contributed by atoms with Crippen LogP contribution < -0.4 is 0 Å². The van der Waals surface area contributed by atoms with Crippen LogP contribution in [0.15, 0.2) is 12.8 Å². The lowest BCUT2D eigenvalue weighted by molar-refractivity contribution is 0.0850. The molecule has 4 heteroatoms. The van der Waals surface area contributed by atoms with E-state index in [4.69, 9.17) is 4.74 Å². The Labute approximate surface area is 80.7 Å². The Kier molecular flexibility index (Phi) is 5.46. The van der Waals surface area contributed by atoms with E-state index in [0.29, 0.717) is 6.61 Å². The molecule has 0 saturated carbocycles. The number of hydrogen-bond donors (Lipinski definition) is 0. The maximum Gasteiger partial charge on any atom is 0.513 e. The minimum absolute atomic E-state index is 0.441. The molecule has 0 aliphatic rings. The van der Waals surface area contributed by atoms with Crippen molar-refractivity contribution in [2.75, 3.05) is 6.61 Å².